The molecule has 2 N–H and O–H groups in total. The van der Waals surface area contributed by atoms with Crippen molar-refractivity contribution in [2.45, 2.75) is 45.2 Å². The molecule has 2 atom stereocenters. The van der Waals surface area contributed by atoms with Gasteiger partial charge in [-0.05, 0) is 45.7 Å². The fourth-order valence-electron chi connectivity index (χ4n) is 3.69. The third-order valence-corrected chi connectivity index (χ3v) is 6.08. The fraction of sp³-hybridized carbons (Fsp3) is 0.667. The van der Waals surface area contributed by atoms with Crippen LogP contribution < -0.4 is 5.73 Å². The van der Waals surface area contributed by atoms with Crippen LogP contribution in [0.15, 0.2) is 0 Å². The zero-order chi connectivity index (χ0) is 14.4. The van der Waals surface area contributed by atoms with E-state index in [1.165, 1.54) is 23.3 Å². The molecule has 0 saturated carbocycles. The van der Waals surface area contributed by atoms with Gasteiger partial charge in [0, 0.05) is 30.1 Å². The Kier molecular flexibility index (Phi) is 3.50. The van der Waals surface area contributed by atoms with E-state index in [0.29, 0.717) is 17.1 Å². The van der Waals surface area contributed by atoms with Crippen LogP contribution in [0.1, 0.15) is 53.5 Å². The van der Waals surface area contributed by atoms with E-state index in [-0.39, 0.29) is 5.91 Å². The summed E-state index contributed by atoms with van der Waals surface area (Å²) in [6.07, 6.45) is 3.42. The zero-order valence-electron chi connectivity index (χ0n) is 12.5. The Morgan fingerprint density at radius 1 is 1.40 bits per heavy atom. The third-order valence-electron chi connectivity index (χ3n) is 4.91. The molecule has 1 aromatic heterocycles. The summed E-state index contributed by atoms with van der Waals surface area (Å²) in [6.45, 7) is 5.53. The van der Waals surface area contributed by atoms with Gasteiger partial charge in [0.15, 0.2) is 0 Å². The van der Waals surface area contributed by atoms with Crippen LogP contribution in [0.25, 0.3) is 0 Å². The van der Waals surface area contributed by atoms with Crippen molar-refractivity contribution in [3.8, 4) is 0 Å². The SMILES string of the molecule is CCN(CC)C(=O)c1c(N)sc2c1CC1CCC2N1C. The van der Waals surface area contributed by atoms with Crippen molar-refractivity contribution < 1.29 is 4.79 Å². The van der Waals surface area contributed by atoms with Crippen molar-refractivity contribution in [1.29, 1.82) is 0 Å². The maximum atomic E-state index is 12.7. The van der Waals surface area contributed by atoms with Crippen LogP contribution in [-0.2, 0) is 6.42 Å². The van der Waals surface area contributed by atoms with Gasteiger partial charge >= 0.3 is 0 Å². The number of anilines is 1. The molecule has 1 fully saturated rings. The van der Waals surface area contributed by atoms with Crippen molar-refractivity contribution in [2.24, 2.45) is 0 Å². The molecule has 110 valence electrons. The Balaban J connectivity index is 2.03. The summed E-state index contributed by atoms with van der Waals surface area (Å²) >= 11 is 1.64. The largest absolute Gasteiger partial charge is 0.390 e. The molecular formula is C15H23N3OS. The smallest absolute Gasteiger partial charge is 0.257 e. The van der Waals surface area contributed by atoms with E-state index in [1.54, 1.807) is 11.3 Å². The van der Waals surface area contributed by atoms with E-state index < -0.39 is 0 Å². The molecule has 3 heterocycles. The minimum Gasteiger partial charge on any atom is -0.390 e. The van der Waals surface area contributed by atoms with E-state index >= 15 is 0 Å². The summed E-state index contributed by atoms with van der Waals surface area (Å²) in [5.41, 5.74) is 8.25. The fourth-order valence-corrected chi connectivity index (χ4v) is 4.97. The lowest BCUT2D eigenvalue weighted by Gasteiger charge is -2.31. The highest BCUT2D eigenvalue weighted by molar-refractivity contribution is 7.16. The predicted octanol–water partition coefficient (Wildman–Crippen LogP) is 2.50. The molecule has 1 amide bonds. The van der Waals surface area contributed by atoms with E-state index in [0.717, 1.165) is 25.1 Å². The van der Waals surface area contributed by atoms with Gasteiger partial charge in [0.05, 0.1) is 10.6 Å². The summed E-state index contributed by atoms with van der Waals surface area (Å²) in [7, 11) is 2.20. The van der Waals surface area contributed by atoms with Crippen LogP contribution in [0.4, 0.5) is 5.00 Å². The second-order valence-corrected chi connectivity index (χ2v) is 6.86. The number of thiophene rings is 1. The monoisotopic (exact) mass is 293 g/mol. The first-order valence-electron chi connectivity index (χ1n) is 7.50. The molecule has 4 nitrogen and oxygen atoms in total. The molecular weight excluding hydrogens is 270 g/mol. The van der Waals surface area contributed by atoms with E-state index in [4.69, 9.17) is 5.73 Å². The van der Waals surface area contributed by atoms with Gasteiger partial charge < -0.3 is 10.6 Å². The Morgan fingerprint density at radius 2 is 2.10 bits per heavy atom. The number of rotatable bonds is 3. The summed E-state index contributed by atoms with van der Waals surface area (Å²) < 4.78 is 0. The van der Waals surface area contributed by atoms with Crippen molar-refractivity contribution in [3.05, 3.63) is 16.0 Å². The Hall–Kier alpha value is -1.07. The van der Waals surface area contributed by atoms with Gasteiger partial charge in [-0.25, -0.2) is 0 Å². The standard InChI is InChI=1S/C15H23N3OS/c1-4-18(5-2)15(19)12-10-8-9-6-7-11(17(9)3)13(10)20-14(12)16/h9,11H,4-8,16H2,1-3H3. The average Bonchev–Trinajstić information content (AvgIpc) is 2.87. The Bertz CT molecular complexity index is 535. The van der Waals surface area contributed by atoms with Gasteiger partial charge in [0.1, 0.15) is 0 Å². The van der Waals surface area contributed by atoms with E-state index in [2.05, 4.69) is 11.9 Å². The first-order chi connectivity index (χ1) is 9.58. The van der Waals surface area contributed by atoms with Crippen LogP contribution >= 0.6 is 11.3 Å². The average molecular weight is 293 g/mol. The molecule has 0 spiro atoms. The quantitative estimate of drug-likeness (QED) is 0.931. The minimum absolute atomic E-state index is 0.119. The maximum Gasteiger partial charge on any atom is 0.257 e. The number of nitrogens with two attached hydrogens (primary N) is 1. The van der Waals surface area contributed by atoms with Gasteiger partial charge in [0.2, 0.25) is 0 Å². The molecule has 2 bridgehead atoms. The molecule has 2 aliphatic heterocycles. The van der Waals surface area contributed by atoms with Crippen LogP contribution in [0.2, 0.25) is 0 Å². The number of carbonyl (C=O) groups excluding carboxylic acids is 1. The Labute approximate surface area is 124 Å². The molecule has 5 heteroatoms. The number of hydrogen-bond acceptors (Lipinski definition) is 4. The summed E-state index contributed by atoms with van der Waals surface area (Å²) in [5, 5.41) is 0.716. The third kappa shape index (κ3) is 1.87. The molecule has 0 radical (unpaired) electrons. The highest BCUT2D eigenvalue weighted by atomic mass is 32.1. The number of nitrogen functional groups attached to an aromatic ring is 1. The summed E-state index contributed by atoms with van der Waals surface area (Å²) in [4.78, 5) is 18.4. The van der Waals surface area contributed by atoms with Gasteiger partial charge in [0.25, 0.3) is 5.91 Å². The Morgan fingerprint density at radius 3 is 2.75 bits per heavy atom. The molecule has 1 saturated heterocycles. The maximum absolute atomic E-state index is 12.7. The van der Waals surface area contributed by atoms with Crippen LogP contribution in [0.5, 0.6) is 0 Å². The molecule has 2 unspecified atom stereocenters. The molecule has 3 rings (SSSR count). The molecule has 2 aliphatic rings. The van der Waals surface area contributed by atoms with Gasteiger partial charge in [-0.2, -0.15) is 0 Å². The van der Waals surface area contributed by atoms with Crippen molar-refractivity contribution in [2.75, 3.05) is 25.9 Å². The lowest BCUT2D eigenvalue weighted by atomic mass is 9.97. The number of hydrogen-bond donors (Lipinski definition) is 1. The number of fused-ring (bicyclic) bond motifs is 4. The second kappa shape index (κ2) is 5.04. The van der Waals surface area contributed by atoms with E-state index in [1.807, 2.05) is 18.7 Å². The number of amides is 1. The zero-order valence-corrected chi connectivity index (χ0v) is 13.3. The number of likely N-dealkylation sites (N-methyl/N-ethyl adjacent to an activating group) is 1. The van der Waals surface area contributed by atoms with Crippen molar-refractivity contribution in [1.82, 2.24) is 9.80 Å². The first-order valence-corrected chi connectivity index (χ1v) is 8.32. The molecule has 0 aromatic carbocycles. The summed E-state index contributed by atoms with van der Waals surface area (Å²) in [5.74, 6) is 0.119. The normalized spacial score (nSPS) is 24.8. The van der Waals surface area contributed by atoms with Gasteiger partial charge in [-0.3, -0.25) is 9.69 Å². The topological polar surface area (TPSA) is 49.6 Å². The highest BCUT2D eigenvalue weighted by Gasteiger charge is 2.41. The van der Waals surface area contributed by atoms with Gasteiger partial charge in [-0.15, -0.1) is 11.3 Å². The number of carbonyl (C=O) groups is 1. The first kappa shape index (κ1) is 13.9. The summed E-state index contributed by atoms with van der Waals surface area (Å²) in [6, 6.07) is 1.07. The lowest BCUT2D eigenvalue weighted by molar-refractivity contribution is 0.0772. The predicted molar refractivity (Wildman–Crippen MR) is 83.2 cm³/mol. The van der Waals surface area contributed by atoms with Crippen LogP contribution in [0, 0.1) is 0 Å². The van der Waals surface area contributed by atoms with Crippen LogP contribution in [0.3, 0.4) is 0 Å². The molecule has 0 aliphatic carbocycles. The minimum atomic E-state index is 0.119. The lowest BCUT2D eigenvalue weighted by Crippen LogP contribution is -2.35. The van der Waals surface area contributed by atoms with Gasteiger partial charge in [-0.1, -0.05) is 0 Å². The number of nitrogens with zero attached hydrogens (tertiary/aromatic N) is 2. The molecule has 20 heavy (non-hydrogen) atoms. The second-order valence-electron chi connectivity index (χ2n) is 5.78. The van der Waals surface area contributed by atoms with Crippen molar-refractivity contribution >= 4 is 22.2 Å². The van der Waals surface area contributed by atoms with Crippen LogP contribution in [-0.4, -0.2) is 41.9 Å². The van der Waals surface area contributed by atoms with Crippen molar-refractivity contribution in [3.63, 3.8) is 0 Å². The highest BCUT2D eigenvalue weighted by Crippen LogP contribution is 2.49. The van der Waals surface area contributed by atoms with E-state index in [9.17, 15) is 4.79 Å². The molecule has 1 aromatic rings.